The number of hydrogen-bond acceptors (Lipinski definition) is 10. The molecule has 6 fully saturated rings. The fourth-order valence-corrected chi connectivity index (χ4v) is 13.3. The van der Waals surface area contributed by atoms with Gasteiger partial charge in [-0.25, -0.2) is 0 Å². The van der Waals surface area contributed by atoms with Crippen LogP contribution in [-0.4, -0.2) is 106 Å². The Hall–Kier alpha value is -0.660. The minimum Gasteiger partial charge on any atom is -0.388 e. The molecule has 6 N–H and O–H groups in total. The summed E-state index contributed by atoms with van der Waals surface area (Å²) in [7, 11) is 0. The Balaban J connectivity index is 1.15. The molecule has 0 aromatic heterocycles. The molecule has 0 spiro atoms. The summed E-state index contributed by atoms with van der Waals surface area (Å²) in [5.41, 5.74) is 1.63. The van der Waals surface area contributed by atoms with Gasteiger partial charge in [-0.05, 0) is 109 Å². The summed E-state index contributed by atoms with van der Waals surface area (Å²) in [4.78, 5) is 0. The molecule has 286 valence electrons. The van der Waals surface area contributed by atoms with Crippen molar-refractivity contribution in [1.82, 2.24) is 0 Å². The Bertz CT molecular complexity index is 1290. The molecule has 4 saturated carbocycles. The molecule has 10 nitrogen and oxygen atoms in total. The summed E-state index contributed by atoms with van der Waals surface area (Å²) in [5.74, 6) is 2.37. The smallest absolute Gasteiger partial charge is 0.186 e. The third-order valence-electron chi connectivity index (χ3n) is 16.8. The van der Waals surface area contributed by atoms with Crippen LogP contribution in [0.2, 0.25) is 0 Å². The van der Waals surface area contributed by atoms with Crippen LogP contribution in [0.15, 0.2) is 11.6 Å². The highest BCUT2D eigenvalue weighted by molar-refractivity contribution is 5.34. The predicted molar refractivity (Wildman–Crippen MR) is 185 cm³/mol. The Labute approximate surface area is 298 Å². The second-order valence-electron chi connectivity index (χ2n) is 19.3. The molecule has 0 bridgehead atoms. The maximum Gasteiger partial charge on any atom is 0.186 e. The second-order valence-corrected chi connectivity index (χ2v) is 19.3. The quantitative estimate of drug-likeness (QED) is 0.183. The Kier molecular flexibility index (Phi) is 9.78. The van der Waals surface area contributed by atoms with E-state index in [1.165, 1.54) is 0 Å². The number of hydrogen-bond donors (Lipinski definition) is 6. The predicted octanol–water partition coefficient (Wildman–Crippen LogP) is 3.92. The lowest BCUT2D eigenvalue weighted by Crippen LogP contribution is -2.66. The molecule has 7 aliphatic rings. The largest absolute Gasteiger partial charge is 0.388 e. The van der Waals surface area contributed by atoms with Gasteiger partial charge in [-0.3, -0.25) is 0 Å². The SMILES string of the molecule is C[C@H]1[C@H](C)CC[C@]2(CO[C@H]3OC[C@@H](O)[C@H](O)[C@H]3O)CC[C@]3(C)C(=CC[C@@H]4[C@@]5(C)CC[C@H](O[C@@H]6OC[C@@H](O)[C@H](O)[C@H]6O)C(C)(C)[C@@H]5CC[C@]43C)[C@H]12. The minimum atomic E-state index is -1.28. The molecule has 2 aliphatic heterocycles. The van der Waals surface area contributed by atoms with Gasteiger partial charge in [0.1, 0.15) is 36.6 Å². The van der Waals surface area contributed by atoms with Crippen LogP contribution in [0.3, 0.4) is 0 Å². The van der Waals surface area contributed by atoms with E-state index in [2.05, 4.69) is 54.5 Å². The van der Waals surface area contributed by atoms with E-state index in [0.29, 0.717) is 36.2 Å². The molecule has 7 rings (SSSR count). The van der Waals surface area contributed by atoms with Gasteiger partial charge in [0.05, 0.1) is 25.9 Å². The lowest BCUT2D eigenvalue weighted by molar-refractivity contribution is -0.308. The van der Waals surface area contributed by atoms with E-state index in [1.54, 1.807) is 5.57 Å². The number of rotatable bonds is 5. The van der Waals surface area contributed by atoms with E-state index in [1.807, 2.05) is 0 Å². The fraction of sp³-hybridized carbons (Fsp3) is 0.950. The van der Waals surface area contributed by atoms with Gasteiger partial charge in [0.25, 0.3) is 0 Å². The van der Waals surface area contributed by atoms with Crippen LogP contribution in [0.25, 0.3) is 0 Å². The molecule has 0 aromatic rings. The average Bonchev–Trinajstić information content (AvgIpc) is 3.07. The molecule has 2 heterocycles. The first-order valence-electron chi connectivity index (χ1n) is 19.7. The first-order chi connectivity index (χ1) is 23.4. The third kappa shape index (κ3) is 5.47. The monoisotopic (exact) mass is 706 g/mol. The summed E-state index contributed by atoms with van der Waals surface area (Å²) in [5, 5.41) is 62.0. The summed E-state index contributed by atoms with van der Waals surface area (Å²) >= 11 is 0. The van der Waals surface area contributed by atoms with Crippen LogP contribution < -0.4 is 0 Å². The van der Waals surface area contributed by atoms with Crippen LogP contribution in [0.4, 0.5) is 0 Å². The third-order valence-corrected chi connectivity index (χ3v) is 16.8. The summed E-state index contributed by atoms with van der Waals surface area (Å²) in [6, 6.07) is 0. The van der Waals surface area contributed by atoms with Gasteiger partial charge in [-0.2, -0.15) is 0 Å². The van der Waals surface area contributed by atoms with Crippen molar-refractivity contribution in [3.05, 3.63) is 11.6 Å². The summed E-state index contributed by atoms with van der Waals surface area (Å²) in [6.07, 6.45) is 2.76. The molecule has 2 saturated heterocycles. The standard InChI is InChI=1S/C40H66O10/c1-21-10-15-40(20-49-34-32(45)30(43)24(41)18-47-34)17-16-38(6)23(29(40)22(21)2)8-9-27-37(5)13-12-28(36(3,4)26(37)11-14-39(27,38)7)50-35-33(46)31(44)25(42)19-48-35/h8,21-22,24-35,41-46H,9-20H2,1-7H3/t21-,22+,24-,25-,26+,27-,28+,29+,30+,31+,32-,33-,34-,35+,37+,38-,39-,40-/m1/s1. The highest BCUT2D eigenvalue weighted by Crippen LogP contribution is 2.76. The summed E-state index contributed by atoms with van der Waals surface area (Å²) in [6.45, 7) is 17.5. The minimum absolute atomic E-state index is 0.0407. The van der Waals surface area contributed by atoms with Gasteiger partial charge in [0.2, 0.25) is 0 Å². The zero-order valence-corrected chi connectivity index (χ0v) is 31.5. The molecular formula is C40H66O10. The van der Waals surface area contributed by atoms with Crippen molar-refractivity contribution in [2.75, 3.05) is 19.8 Å². The van der Waals surface area contributed by atoms with Crippen molar-refractivity contribution in [3.8, 4) is 0 Å². The first kappa shape index (κ1) is 37.6. The highest BCUT2D eigenvalue weighted by Gasteiger charge is 2.69. The molecule has 0 radical (unpaired) electrons. The van der Waals surface area contributed by atoms with E-state index >= 15 is 0 Å². The van der Waals surface area contributed by atoms with E-state index in [4.69, 9.17) is 18.9 Å². The molecule has 0 unspecified atom stereocenters. The van der Waals surface area contributed by atoms with Crippen molar-refractivity contribution in [2.45, 2.75) is 162 Å². The van der Waals surface area contributed by atoms with Gasteiger partial charge in [0, 0.05) is 5.41 Å². The Morgan fingerprint density at radius 3 is 2.04 bits per heavy atom. The van der Waals surface area contributed by atoms with Crippen molar-refractivity contribution < 1.29 is 49.6 Å². The number of aliphatic hydroxyl groups excluding tert-OH is 6. The normalized spacial score (nSPS) is 56.3. The van der Waals surface area contributed by atoms with Gasteiger partial charge < -0.3 is 49.6 Å². The Morgan fingerprint density at radius 2 is 1.36 bits per heavy atom. The zero-order valence-electron chi connectivity index (χ0n) is 31.5. The number of aliphatic hydroxyl groups is 6. The highest BCUT2D eigenvalue weighted by atomic mass is 16.7. The molecule has 0 aromatic carbocycles. The summed E-state index contributed by atoms with van der Waals surface area (Å²) < 4.78 is 24.3. The topological polar surface area (TPSA) is 158 Å². The van der Waals surface area contributed by atoms with Gasteiger partial charge >= 0.3 is 0 Å². The first-order valence-corrected chi connectivity index (χ1v) is 19.7. The fourth-order valence-electron chi connectivity index (χ4n) is 13.3. The van der Waals surface area contributed by atoms with Crippen molar-refractivity contribution in [2.24, 2.45) is 56.7 Å². The molecule has 18 atom stereocenters. The average molecular weight is 707 g/mol. The van der Waals surface area contributed by atoms with E-state index in [0.717, 1.165) is 57.8 Å². The molecule has 10 heteroatoms. The number of allylic oxidation sites excluding steroid dienone is 2. The van der Waals surface area contributed by atoms with E-state index in [-0.39, 0.29) is 46.4 Å². The molecular weight excluding hydrogens is 640 g/mol. The van der Waals surface area contributed by atoms with Crippen LogP contribution >= 0.6 is 0 Å². The van der Waals surface area contributed by atoms with Crippen LogP contribution in [0, 0.1) is 56.7 Å². The second kappa shape index (κ2) is 13.0. The van der Waals surface area contributed by atoms with Crippen molar-refractivity contribution >= 4 is 0 Å². The van der Waals surface area contributed by atoms with Crippen molar-refractivity contribution in [3.63, 3.8) is 0 Å². The Morgan fingerprint density at radius 1 is 0.720 bits per heavy atom. The maximum atomic E-state index is 10.7. The number of ether oxygens (including phenoxy) is 4. The van der Waals surface area contributed by atoms with Crippen molar-refractivity contribution in [1.29, 1.82) is 0 Å². The zero-order chi connectivity index (χ0) is 36.2. The van der Waals surface area contributed by atoms with Gasteiger partial charge in [-0.15, -0.1) is 0 Å². The van der Waals surface area contributed by atoms with Crippen LogP contribution in [0.1, 0.15) is 106 Å². The molecule has 5 aliphatic carbocycles. The molecule has 50 heavy (non-hydrogen) atoms. The lowest BCUT2D eigenvalue weighted by Gasteiger charge is -2.72. The van der Waals surface area contributed by atoms with Gasteiger partial charge in [-0.1, -0.05) is 60.1 Å². The van der Waals surface area contributed by atoms with Crippen LogP contribution in [-0.2, 0) is 18.9 Å². The van der Waals surface area contributed by atoms with Gasteiger partial charge in [0.15, 0.2) is 12.6 Å². The van der Waals surface area contributed by atoms with E-state index in [9.17, 15) is 30.6 Å². The maximum absolute atomic E-state index is 10.7. The van der Waals surface area contributed by atoms with E-state index < -0.39 is 49.2 Å². The lowest BCUT2D eigenvalue weighted by atomic mass is 9.33. The number of fused-ring (bicyclic) bond motifs is 7. The van der Waals surface area contributed by atoms with Crippen LogP contribution in [0.5, 0.6) is 0 Å². The molecule has 0 amide bonds.